The van der Waals surface area contributed by atoms with E-state index in [0.717, 1.165) is 51.6 Å². The summed E-state index contributed by atoms with van der Waals surface area (Å²) in [5.41, 5.74) is 1.39. The standard InChI is InChI=1S/C21H30N2O3/c1-26-21(25)23-14-6-5-9-19(23)20(24)22-15-12-18(13-16-22)11-10-17-7-3-2-4-8-17/h2-4,7-8,18-19H,5-6,9-16H2,1H3/t19-/m1/s1. The quantitative estimate of drug-likeness (QED) is 0.828. The Morgan fingerprint density at radius 3 is 2.46 bits per heavy atom. The molecule has 0 saturated carbocycles. The summed E-state index contributed by atoms with van der Waals surface area (Å²) in [5, 5.41) is 0. The molecular weight excluding hydrogens is 328 g/mol. The van der Waals surface area contributed by atoms with Crippen molar-refractivity contribution in [3.05, 3.63) is 35.9 Å². The van der Waals surface area contributed by atoms with Crippen molar-refractivity contribution in [2.75, 3.05) is 26.7 Å². The molecule has 5 nitrogen and oxygen atoms in total. The number of methoxy groups -OCH3 is 1. The second-order valence-electron chi connectivity index (χ2n) is 7.47. The normalized spacial score (nSPS) is 21.5. The van der Waals surface area contributed by atoms with Crippen molar-refractivity contribution >= 4 is 12.0 Å². The van der Waals surface area contributed by atoms with Gasteiger partial charge in [0.15, 0.2) is 0 Å². The number of likely N-dealkylation sites (tertiary alicyclic amines) is 2. The van der Waals surface area contributed by atoms with E-state index in [1.165, 1.54) is 19.1 Å². The number of carbonyl (C=O) groups excluding carboxylic acids is 2. The summed E-state index contributed by atoms with van der Waals surface area (Å²) in [6.45, 7) is 2.24. The number of hydrogen-bond donors (Lipinski definition) is 0. The van der Waals surface area contributed by atoms with E-state index >= 15 is 0 Å². The molecule has 1 aromatic rings. The first-order valence-electron chi connectivity index (χ1n) is 9.86. The van der Waals surface area contributed by atoms with Gasteiger partial charge in [0.05, 0.1) is 7.11 Å². The Morgan fingerprint density at radius 1 is 1.04 bits per heavy atom. The van der Waals surface area contributed by atoms with E-state index in [4.69, 9.17) is 4.74 Å². The van der Waals surface area contributed by atoms with E-state index in [1.54, 1.807) is 4.90 Å². The van der Waals surface area contributed by atoms with Gasteiger partial charge in [-0.2, -0.15) is 0 Å². The summed E-state index contributed by atoms with van der Waals surface area (Å²) >= 11 is 0. The van der Waals surface area contributed by atoms with Gasteiger partial charge in [-0.25, -0.2) is 4.79 Å². The maximum Gasteiger partial charge on any atom is 0.410 e. The average Bonchev–Trinajstić information content (AvgIpc) is 2.72. The second kappa shape index (κ2) is 9.06. The van der Waals surface area contributed by atoms with Gasteiger partial charge < -0.3 is 9.64 Å². The lowest BCUT2D eigenvalue weighted by atomic mass is 9.90. The van der Waals surface area contributed by atoms with E-state index in [1.807, 2.05) is 4.90 Å². The predicted octanol–water partition coefficient (Wildman–Crippen LogP) is 3.48. The predicted molar refractivity (Wildman–Crippen MR) is 101 cm³/mol. The monoisotopic (exact) mass is 358 g/mol. The van der Waals surface area contributed by atoms with Crippen LogP contribution in [0.4, 0.5) is 4.79 Å². The van der Waals surface area contributed by atoms with Crippen molar-refractivity contribution in [3.63, 3.8) is 0 Å². The van der Waals surface area contributed by atoms with Crippen molar-refractivity contribution in [3.8, 4) is 0 Å². The van der Waals surface area contributed by atoms with Crippen molar-refractivity contribution < 1.29 is 14.3 Å². The van der Waals surface area contributed by atoms with Gasteiger partial charge in [0.2, 0.25) is 5.91 Å². The molecule has 0 radical (unpaired) electrons. The number of aryl methyl sites for hydroxylation is 1. The minimum Gasteiger partial charge on any atom is -0.453 e. The molecule has 0 N–H and O–H groups in total. The molecule has 2 amide bonds. The van der Waals surface area contributed by atoms with Crippen LogP contribution >= 0.6 is 0 Å². The minimum absolute atomic E-state index is 0.108. The van der Waals surface area contributed by atoms with Crippen LogP contribution in [0.5, 0.6) is 0 Å². The molecule has 0 aliphatic carbocycles. The van der Waals surface area contributed by atoms with E-state index in [9.17, 15) is 9.59 Å². The molecule has 142 valence electrons. The molecule has 0 spiro atoms. The maximum absolute atomic E-state index is 12.9. The Hall–Kier alpha value is -2.04. The zero-order chi connectivity index (χ0) is 18.4. The summed E-state index contributed by atoms with van der Waals surface area (Å²) in [5.74, 6) is 0.791. The van der Waals surface area contributed by atoms with Crippen molar-refractivity contribution in [1.82, 2.24) is 9.80 Å². The maximum atomic E-state index is 12.9. The van der Waals surface area contributed by atoms with Crippen LogP contribution in [0.1, 0.15) is 44.1 Å². The zero-order valence-electron chi connectivity index (χ0n) is 15.7. The summed E-state index contributed by atoms with van der Waals surface area (Å²) in [7, 11) is 1.39. The van der Waals surface area contributed by atoms with Crippen LogP contribution < -0.4 is 0 Å². The van der Waals surface area contributed by atoms with Gasteiger partial charge in [0.25, 0.3) is 0 Å². The van der Waals surface area contributed by atoms with Crippen LogP contribution in [0, 0.1) is 5.92 Å². The van der Waals surface area contributed by atoms with Gasteiger partial charge in [0, 0.05) is 19.6 Å². The van der Waals surface area contributed by atoms with Gasteiger partial charge in [-0.1, -0.05) is 30.3 Å². The molecular formula is C21H30N2O3. The molecule has 2 saturated heterocycles. The minimum atomic E-state index is -0.374. The van der Waals surface area contributed by atoms with Gasteiger partial charge in [0.1, 0.15) is 6.04 Å². The van der Waals surface area contributed by atoms with Crippen LogP contribution in [-0.2, 0) is 16.0 Å². The number of amides is 2. The molecule has 1 atom stereocenters. The lowest BCUT2D eigenvalue weighted by molar-refractivity contribution is -0.139. The third-order valence-corrected chi connectivity index (χ3v) is 5.81. The van der Waals surface area contributed by atoms with Gasteiger partial charge >= 0.3 is 6.09 Å². The molecule has 26 heavy (non-hydrogen) atoms. The summed E-state index contributed by atoms with van der Waals surface area (Å²) in [4.78, 5) is 28.5. The van der Waals surface area contributed by atoms with Gasteiger partial charge in [-0.3, -0.25) is 9.69 Å². The Bertz CT molecular complexity index is 597. The van der Waals surface area contributed by atoms with E-state index in [2.05, 4.69) is 30.3 Å². The first-order chi connectivity index (χ1) is 12.7. The highest BCUT2D eigenvalue weighted by Gasteiger charge is 2.36. The topological polar surface area (TPSA) is 49.9 Å². The Kier molecular flexibility index (Phi) is 6.53. The number of benzene rings is 1. The first-order valence-corrected chi connectivity index (χ1v) is 9.86. The fourth-order valence-electron chi connectivity index (χ4n) is 4.19. The van der Waals surface area contributed by atoms with Gasteiger partial charge in [-0.15, -0.1) is 0 Å². The largest absolute Gasteiger partial charge is 0.453 e. The SMILES string of the molecule is COC(=O)N1CCCC[C@@H]1C(=O)N1CCC(CCc2ccccc2)CC1. The van der Waals surface area contributed by atoms with Crippen molar-refractivity contribution in [1.29, 1.82) is 0 Å². The number of rotatable bonds is 4. The number of ether oxygens (including phenoxy) is 1. The van der Waals surface area contributed by atoms with E-state index < -0.39 is 0 Å². The lowest BCUT2D eigenvalue weighted by Crippen LogP contribution is -2.54. The highest BCUT2D eigenvalue weighted by atomic mass is 16.5. The summed E-state index contributed by atoms with van der Waals surface area (Å²) < 4.78 is 4.86. The molecule has 1 aromatic carbocycles. The Labute approximate surface area is 156 Å². The molecule has 2 heterocycles. The molecule has 3 rings (SSSR count). The number of piperidine rings is 2. The summed E-state index contributed by atoms with van der Waals surface area (Å²) in [6, 6.07) is 10.3. The first kappa shape index (κ1) is 18.7. The smallest absolute Gasteiger partial charge is 0.410 e. The van der Waals surface area contributed by atoms with Crippen LogP contribution in [0.2, 0.25) is 0 Å². The lowest BCUT2D eigenvalue weighted by Gasteiger charge is -2.39. The highest BCUT2D eigenvalue weighted by Crippen LogP contribution is 2.25. The molecule has 0 unspecified atom stereocenters. The molecule has 2 aliphatic rings. The van der Waals surface area contributed by atoms with Crippen LogP contribution in [0.25, 0.3) is 0 Å². The Morgan fingerprint density at radius 2 is 1.77 bits per heavy atom. The van der Waals surface area contributed by atoms with Crippen LogP contribution in [0.15, 0.2) is 30.3 Å². The zero-order valence-corrected chi connectivity index (χ0v) is 15.7. The average molecular weight is 358 g/mol. The highest BCUT2D eigenvalue weighted by molar-refractivity contribution is 5.86. The number of nitrogens with zero attached hydrogens (tertiary/aromatic N) is 2. The molecule has 2 aliphatic heterocycles. The van der Waals surface area contributed by atoms with E-state index in [0.29, 0.717) is 12.5 Å². The number of hydrogen-bond acceptors (Lipinski definition) is 3. The summed E-state index contributed by atoms with van der Waals surface area (Å²) in [6.07, 6.45) is 6.73. The van der Waals surface area contributed by atoms with Crippen molar-refractivity contribution in [2.45, 2.75) is 51.0 Å². The fraction of sp³-hybridized carbons (Fsp3) is 0.619. The fourth-order valence-corrected chi connectivity index (χ4v) is 4.19. The molecule has 0 aromatic heterocycles. The third-order valence-electron chi connectivity index (χ3n) is 5.81. The van der Waals surface area contributed by atoms with E-state index in [-0.39, 0.29) is 18.0 Å². The third kappa shape index (κ3) is 4.57. The Balaban J connectivity index is 1.49. The second-order valence-corrected chi connectivity index (χ2v) is 7.47. The van der Waals surface area contributed by atoms with Crippen LogP contribution in [-0.4, -0.2) is 54.6 Å². The van der Waals surface area contributed by atoms with Crippen molar-refractivity contribution in [2.24, 2.45) is 5.92 Å². The molecule has 5 heteroatoms. The van der Waals surface area contributed by atoms with Gasteiger partial charge in [-0.05, 0) is 56.4 Å². The van der Waals surface area contributed by atoms with Crippen LogP contribution in [0.3, 0.4) is 0 Å². The molecule has 0 bridgehead atoms. The number of carbonyl (C=O) groups is 2. The molecule has 2 fully saturated rings.